The molecule has 3 nitrogen and oxygen atoms in total. The number of benzene rings is 1. The second-order valence-corrected chi connectivity index (χ2v) is 4.82. The van der Waals surface area contributed by atoms with Gasteiger partial charge in [0.1, 0.15) is 11.6 Å². The van der Waals surface area contributed by atoms with Crippen molar-refractivity contribution in [2.45, 2.75) is 38.2 Å². The highest BCUT2D eigenvalue weighted by molar-refractivity contribution is 5.67. The first kappa shape index (κ1) is 12.9. The largest absolute Gasteiger partial charge is 0.490 e. The molecular formula is C14H17FO3. The van der Waals surface area contributed by atoms with Crippen LogP contribution < -0.4 is 4.74 Å². The van der Waals surface area contributed by atoms with E-state index in [4.69, 9.17) is 9.84 Å². The molecule has 98 valence electrons. The Morgan fingerprint density at radius 1 is 1.33 bits per heavy atom. The lowest BCUT2D eigenvalue weighted by molar-refractivity contribution is -0.138. The molecule has 0 amide bonds. The Balaban J connectivity index is 1.81. The summed E-state index contributed by atoms with van der Waals surface area (Å²) in [6.45, 7) is 0. The summed E-state index contributed by atoms with van der Waals surface area (Å²) in [5.41, 5.74) is 0. The standard InChI is InChI=1S/C14H17FO3/c15-11-2-1-3-13(9-11)18-12-6-4-10(5-7-12)8-14(16)17/h1-3,9-10,12H,4-8H2,(H,16,17). The van der Waals surface area contributed by atoms with Crippen LogP contribution in [0.15, 0.2) is 24.3 Å². The van der Waals surface area contributed by atoms with Gasteiger partial charge in [-0.25, -0.2) is 4.39 Å². The highest BCUT2D eigenvalue weighted by atomic mass is 19.1. The highest BCUT2D eigenvalue weighted by Crippen LogP contribution is 2.29. The zero-order valence-corrected chi connectivity index (χ0v) is 10.1. The van der Waals surface area contributed by atoms with Crippen molar-refractivity contribution in [2.24, 2.45) is 5.92 Å². The van der Waals surface area contributed by atoms with Gasteiger partial charge in [0, 0.05) is 12.5 Å². The average Bonchev–Trinajstić information content (AvgIpc) is 2.31. The van der Waals surface area contributed by atoms with E-state index < -0.39 is 5.97 Å². The lowest BCUT2D eigenvalue weighted by Crippen LogP contribution is -2.25. The number of carboxylic acid groups (broad SMARTS) is 1. The molecule has 0 spiro atoms. The van der Waals surface area contributed by atoms with Crippen LogP contribution in [-0.2, 0) is 4.79 Å². The van der Waals surface area contributed by atoms with E-state index in [1.54, 1.807) is 12.1 Å². The van der Waals surface area contributed by atoms with Crippen molar-refractivity contribution in [3.05, 3.63) is 30.1 Å². The van der Waals surface area contributed by atoms with E-state index in [1.807, 2.05) is 0 Å². The van der Waals surface area contributed by atoms with E-state index >= 15 is 0 Å². The smallest absolute Gasteiger partial charge is 0.303 e. The monoisotopic (exact) mass is 252 g/mol. The summed E-state index contributed by atoms with van der Waals surface area (Å²) in [7, 11) is 0. The van der Waals surface area contributed by atoms with Crippen LogP contribution in [0.3, 0.4) is 0 Å². The molecule has 1 aromatic carbocycles. The van der Waals surface area contributed by atoms with E-state index in [2.05, 4.69) is 0 Å². The number of ether oxygens (including phenoxy) is 1. The van der Waals surface area contributed by atoms with Gasteiger partial charge in [-0.3, -0.25) is 4.79 Å². The first-order valence-corrected chi connectivity index (χ1v) is 6.27. The van der Waals surface area contributed by atoms with E-state index in [0.29, 0.717) is 5.75 Å². The van der Waals surface area contributed by atoms with Crippen LogP contribution in [0.5, 0.6) is 5.75 Å². The third-order valence-corrected chi connectivity index (χ3v) is 3.36. The Bertz CT molecular complexity index is 411. The molecule has 0 heterocycles. The summed E-state index contributed by atoms with van der Waals surface area (Å²) in [5.74, 6) is -0.219. The molecule has 2 rings (SSSR count). The van der Waals surface area contributed by atoms with Crippen LogP contribution in [0, 0.1) is 11.7 Å². The van der Waals surface area contributed by atoms with Gasteiger partial charge in [0.05, 0.1) is 6.10 Å². The molecule has 0 aliphatic heterocycles. The van der Waals surface area contributed by atoms with E-state index in [1.165, 1.54) is 12.1 Å². The number of aliphatic carboxylic acids is 1. The summed E-state index contributed by atoms with van der Waals surface area (Å²) >= 11 is 0. The molecule has 1 aromatic rings. The molecule has 1 fully saturated rings. The first-order valence-electron chi connectivity index (χ1n) is 6.27. The van der Waals surface area contributed by atoms with Crippen molar-refractivity contribution in [1.82, 2.24) is 0 Å². The molecule has 1 aliphatic carbocycles. The maximum absolute atomic E-state index is 13.0. The maximum atomic E-state index is 13.0. The third kappa shape index (κ3) is 3.72. The maximum Gasteiger partial charge on any atom is 0.303 e. The fourth-order valence-electron chi connectivity index (χ4n) is 2.43. The molecule has 1 N–H and O–H groups in total. The summed E-state index contributed by atoms with van der Waals surface area (Å²) in [6.07, 6.45) is 3.74. The summed E-state index contributed by atoms with van der Waals surface area (Å²) in [4.78, 5) is 10.6. The van der Waals surface area contributed by atoms with Crippen molar-refractivity contribution in [1.29, 1.82) is 0 Å². The lowest BCUT2D eigenvalue weighted by Gasteiger charge is -2.28. The summed E-state index contributed by atoms with van der Waals surface area (Å²) in [6, 6.07) is 6.13. The van der Waals surface area contributed by atoms with E-state index in [-0.39, 0.29) is 24.3 Å². The van der Waals surface area contributed by atoms with Gasteiger partial charge >= 0.3 is 5.97 Å². The molecule has 0 atom stereocenters. The molecule has 4 heteroatoms. The molecule has 18 heavy (non-hydrogen) atoms. The molecule has 0 saturated heterocycles. The topological polar surface area (TPSA) is 46.5 Å². The van der Waals surface area contributed by atoms with Crippen LogP contribution in [0.4, 0.5) is 4.39 Å². The van der Waals surface area contributed by atoms with Gasteiger partial charge in [0.25, 0.3) is 0 Å². The number of carboxylic acids is 1. The second kappa shape index (κ2) is 5.85. The third-order valence-electron chi connectivity index (χ3n) is 3.36. The SMILES string of the molecule is O=C(O)CC1CCC(Oc2cccc(F)c2)CC1. The lowest BCUT2D eigenvalue weighted by atomic mass is 9.85. The molecule has 0 unspecified atom stereocenters. The van der Waals surface area contributed by atoms with Gasteiger partial charge in [-0.2, -0.15) is 0 Å². The zero-order chi connectivity index (χ0) is 13.0. The van der Waals surface area contributed by atoms with Crippen LogP contribution >= 0.6 is 0 Å². The highest BCUT2D eigenvalue weighted by Gasteiger charge is 2.24. The Morgan fingerprint density at radius 2 is 2.06 bits per heavy atom. The van der Waals surface area contributed by atoms with Gasteiger partial charge in [0.15, 0.2) is 0 Å². The van der Waals surface area contributed by atoms with Crippen LogP contribution in [-0.4, -0.2) is 17.2 Å². The number of halogens is 1. The Labute approximate surface area is 106 Å². The summed E-state index contributed by atoms with van der Waals surface area (Å²) < 4.78 is 18.7. The van der Waals surface area contributed by atoms with Gasteiger partial charge in [-0.05, 0) is 43.7 Å². The van der Waals surface area contributed by atoms with Crippen LogP contribution in [0.25, 0.3) is 0 Å². The number of hydrogen-bond donors (Lipinski definition) is 1. The number of hydrogen-bond acceptors (Lipinski definition) is 2. The quantitative estimate of drug-likeness (QED) is 0.894. The fraction of sp³-hybridized carbons (Fsp3) is 0.500. The minimum atomic E-state index is -0.732. The van der Waals surface area contributed by atoms with Crippen LogP contribution in [0.1, 0.15) is 32.1 Å². The molecule has 0 aromatic heterocycles. The van der Waals surface area contributed by atoms with Crippen molar-refractivity contribution in [3.63, 3.8) is 0 Å². The first-order chi connectivity index (χ1) is 8.63. The predicted molar refractivity (Wildman–Crippen MR) is 65.0 cm³/mol. The zero-order valence-electron chi connectivity index (χ0n) is 10.1. The number of carbonyl (C=O) groups is 1. The minimum absolute atomic E-state index is 0.0804. The molecule has 1 saturated carbocycles. The molecular weight excluding hydrogens is 235 g/mol. The van der Waals surface area contributed by atoms with Gasteiger partial charge in [-0.15, -0.1) is 0 Å². The fourth-order valence-corrected chi connectivity index (χ4v) is 2.43. The van der Waals surface area contributed by atoms with Gasteiger partial charge < -0.3 is 9.84 Å². The van der Waals surface area contributed by atoms with Crippen molar-refractivity contribution < 1.29 is 19.0 Å². The number of rotatable bonds is 4. The molecule has 0 bridgehead atoms. The normalized spacial score (nSPS) is 23.6. The van der Waals surface area contributed by atoms with Gasteiger partial charge in [-0.1, -0.05) is 6.07 Å². The Hall–Kier alpha value is -1.58. The van der Waals surface area contributed by atoms with Crippen molar-refractivity contribution in [2.75, 3.05) is 0 Å². The van der Waals surface area contributed by atoms with Gasteiger partial charge in [0.2, 0.25) is 0 Å². The van der Waals surface area contributed by atoms with Crippen molar-refractivity contribution in [3.8, 4) is 5.75 Å². The van der Waals surface area contributed by atoms with E-state index in [0.717, 1.165) is 25.7 Å². The molecule has 0 radical (unpaired) electrons. The Kier molecular flexibility index (Phi) is 4.18. The van der Waals surface area contributed by atoms with Crippen LogP contribution in [0.2, 0.25) is 0 Å². The van der Waals surface area contributed by atoms with Crippen molar-refractivity contribution >= 4 is 5.97 Å². The second-order valence-electron chi connectivity index (χ2n) is 4.82. The Morgan fingerprint density at radius 3 is 2.67 bits per heavy atom. The van der Waals surface area contributed by atoms with E-state index in [9.17, 15) is 9.18 Å². The minimum Gasteiger partial charge on any atom is -0.490 e. The summed E-state index contributed by atoms with van der Waals surface area (Å²) in [5, 5.41) is 8.72. The average molecular weight is 252 g/mol. The molecule has 1 aliphatic rings. The predicted octanol–water partition coefficient (Wildman–Crippen LogP) is 3.24.